The highest BCUT2D eigenvalue weighted by atomic mass is 16.5. The zero-order valence-corrected chi connectivity index (χ0v) is 12.9. The summed E-state index contributed by atoms with van der Waals surface area (Å²) in [5, 5.41) is 3.01. The zero-order chi connectivity index (χ0) is 14.4. The minimum absolute atomic E-state index is 0.0175. The van der Waals surface area contributed by atoms with E-state index in [1.165, 1.54) is 7.11 Å². The van der Waals surface area contributed by atoms with Crippen molar-refractivity contribution in [2.45, 2.75) is 59.1 Å². The molecule has 2 unspecified atom stereocenters. The van der Waals surface area contributed by atoms with Crippen molar-refractivity contribution in [2.75, 3.05) is 20.8 Å². The summed E-state index contributed by atoms with van der Waals surface area (Å²) in [6.45, 7) is 11.1. The van der Waals surface area contributed by atoms with E-state index in [4.69, 9.17) is 9.47 Å². The Morgan fingerprint density at radius 1 is 1.28 bits per heavy atom. The van der Waals surface area contributed by atoms with E-state index in [0.717, 1.165) is 6.42 Å². The van der Waals surface area contributed by atoms with E-state index < -0.39 is 5.54 Å². The maximum absolute atomic E-state index is 11.7. The van der Waals surface area contributed by atoms with Gasteiger partial charge in [0.05, 0.1) is 13.2 Å². The van der Waals surface area contributed by atoms with E-state index in [2.05, 4.69) is 26.1 Å². The van der Waals surface area contributed by atoms with Gasteiger partial charge in [0.2, 0.25) is 0 Å². The van der Waals surface area contributed by atoms with Crippen LogP contribution in [-0.2, 0) is 14.3 Å². The molecule has 0 aliphatic rings. The molecule has 0 saturated carbocycles. The summed E-state index contributed by atoms with van der Waals surface area (Å²) in [6, 6.07) is 0. The van der Waals surface area contributed by atoms with Crippen LogP contribution in [0.4, 0.5) is 0 Å². The van der Waals surface area contributed by atoms with Gasteiger partial charge in [-0.3, -0.25) is 4.79 Å². The first kappa shape index (κ1) is 17.4. The number of likely N-dealkylation sites (N-methyl/N-ethyl adjacent to an activating group) is 1. The van der Waals surface area contributed by atoms with Crippen molar-refractivity contribution in [3.05, 3.63) is 0 Å². The van der Waals surface area contributed by atoms with Crippen molar-refractivity contribution < 1.29 is 14.3 Å². The Bertz CT molecular complexity index is 260. The number of carbonyl (C=O) groups excluding carboxylic acids is 1. The SMILES string of the molecule is CNC(C)(CC(C)OCCC(C)(C)C)C(=O)OC. The molecule has 0 aliphatic heterocycles. The van der Waals surface area contributed by atoms with Crippen molar-refractivity contribution in [3.63, 3.8) is 0 Å². The number of hydrogen-bond donors (Lipinski definition) is 1. The van der Waals surface area contributed by atoms with Crippen LogP contribution in [-0.4, -0.2) is 38.4 Å². The summed E-state index contributed by atoms with van der Waals surface area (Å²) in [4.78, 5) is 11.7. The smallest absolute Gasteiger partial charge is 0.325 e. The summed E-state index contributed by atoms with van der Waals surface area (Å²) in [5.41, 5.74) is -0.412. The Kier molecular flexibility index (Phi) is 6.86. The number of ether oxygens (including phenoxy) is 2. The number of nitrogens with one attached hydrogen (secondary N) is 1. The third-order valence-electron chi connectivity index (χ3n) is 3.14. The van der Waals surface area contributed by atoms with Crippen LogP contribution in [0.1, 0.15) is 47.5 Å². The van der Waals surface area contributed by atoms with Gasteiger partial charge in [-0.1, -0.05) is 20.8 Å². The Hall–Kier alpha value is -0.610. The van der Waals surface area contributed by atoms with Crippen molar-refractivity contribution in [3.8, 4) is 0 Å². The monoisotopic (exact) mass is 259 g/mol. The van der Waals surface area contributed by atoms with Crippen LogP contribution < -0.4 is 5.32 Å². The average Bonchev–Trinajstić information content (AvgIpc) is 2.25. The molecule has 0 fully saturated rings. The molecular formula is C14H29NO3. The Morgan fingerprint density at radius 2 is 1.83 bits per heavy atom. The van der Waals surface area contributed by atoms with Gasteiger partial charge in [0.1, 0.15) is 5.54 Å². The fraction of sp³-hybridized carbons (Fsp3) is 0.929. The van der Waals surface area contributed by atoms with Gasteiger partial charge >= 0.3 is 5.97 Å². The molecule has 108 valence electrons. The number of hydrogen-bond acceptors (Lipinski definition) is 4. The molecule has 0 radical (unpaired) electrons. The molecule has 0 saturated heterocycles. The molecule has 0 spiro atoms. The second-order valence-corrected chi connectivity index (χ2v) is 6.27. The zero-order valence-electron chi connectivity index (χ0n) is 12.9. The highest BCUT2D eigenvalue weighted by molar-refractivity contribution is 5.80. The topological polar surface area (TPSA) is 47.6 Å². The van der Waals surface area contributed by atoms with E-state index in [9.17, 15) is 4.79 Å². The standard InChI is InChI=1S/C14H29NO3/c1-11(18-9-8-13(2,3)4)10-14(5,15-6)12(16)17-7/h11,15H,8-10H2,1-7H3. The van der Waals surface area contributed by atoms with Crippen molar-refractivity contribution in [1.29, 1.82) is 0 Å². The first-order valence-corrected chi connectivity index (χ1v) is 6.53. The predicted molar refractivity (Wildman–Crippen MR) is 73.6 cm³/mol. The molecule has 0 amide bonds. The van der Waals surface area contributed by atoms with Gasteiger partial charge in [-0.05, 0) is 32.7 Å². The van der Waals surface area contributed by atoms with Gasteiger partial charge in [-0.2, -0.15) is 0 Å². The van der Waals surface area contributed by atoms with E-state index in [-0.39, 0.29) is 17.5 Å². The lowest BCUT2D eigenvalue weighted by Gasteiger charge is -2.29. The molecule has 4 nitrogen and oxygen atoms in total. The third kappa shape index (κ3) is 6.36. The Labute approximate surface area is 111 Å². The first-order valence-electron chi connectivity index (χ1n) is 6.53. The van der Waals surface area contributed by atoms with E-state index >= 15 is 0 Å². The van der Waals surface area contributed by atoms with Gasteiger partial charge in [0, 0.05) is 13.0 Å². The van der Waals surface area contributed by atoms with E-state index in [1.807, 2.05) is 13.8 Å². The van der Waals surface area contributed by atoms with Crippen molar-refractivity contribution in [1.82, 2.24) is 5.32 Å². The van der Waals surface area contributed by atoms with Crippen LogP contribution >= 0.6 is 0 Å². The van der Waals surface area contributed by atoms with E-state index in [0.29, 0.717) is 13.0 Å². The molecular weight excluding hydrogens is 230 g/mol. The maximum Gasteiger partial charge on any atom is 0.325 e. The number of carbonyl (C=O) groups is 1. The molecule has 0 heterocycles. The summed E-state index contributed by atoms with van der Waals surface area (Å²) in [6.07, 6.45) is 1.62. The molecule has 1 N–H and O–H groups in total. The number of methoxy groups -OCH3 is 1. The molecule has 0 aromatic rings. The van der Waals surface area contributed by atoms with Crippen LogP contribution in [0.25, 0.3) is 0 Å². The lowest BCUT2D eigenvalue weighted by atomic mass is 9.92. The molecule has 2 atom stereocenters. The molecule has 4 heteroatoms. The van der Waals surface area contributed by atoms with E-state index in [1.54, 1.807) is 7.05 Å². The second-order valence-electron chi connectivity index (χ2n) is 6.27. The second kappa shape index (κ2) is 7.10. The van der Waals surface area contributed by atoms with Crippen molar-refractivity contribution >= 4 is 5.97 Å². The quantitative estimate of drug-likeness (QED) is 0.713. The first-order chi connectivity index (χ1) is 8.14. The number of rotatable bonds is 7. The third-order valence-corrected chi connectivity index (χ3v) is 3.14. The van der Waals surface area contributed by atoms with Crippen LogP contribution in [0.15, 0.2) is 0 Å². The van der Waals surface area contributed by atoms with Gasteiger partial charge in [-0.25, -0.2) is 0 Å². The lowest BCUT2D eigenvalue weighted by molar-refractivity contribution is -0.149. The summed E-state index contributed by atoms with van der Waals surface area (Å²) < 4.78 is 10.6. The van der Waals surface area contributed by atoms with Crippen LogP contribution in [0, 0.1) is 5.41 Å². The number of esters is 1. The maximum atomic E-state index is 11.7. The molecule has 0 aliphatic carbocycles. The van der Waals surface area contributed by atoms with Crippen LogP contribution in [0.2, 0.25) is 0 Å². The Balaban J connectivity index is 4.20. The molecule has 0 rings (SSSR count). The van der Waals surface area contributed by atoms with Crippen molar-refractivity contribution in [2.24, 2.45) is 5.41 Å². The summed E-state index contributed by atoms with van der Waals surface area (Å²) in [5.74, 6) is -0.253. The fourth-order valence-corrected chi connectivity index (χ4v) is 1.71. The van der Waals surface area contributed by atoms with Gasteiger partial charge < -0.3 is 14.8 Å². The summed E-state index contributed by atoms with van der Waals surface area (Å²) in [7, 11) is 3.17. The lowest BCUT2D eigenvalue weighted by Crippen LogP contribution is -2.50. The van der Waals surface area contributed by atoms with Gasteiger partial charge in [0.25, 0.3) is 0 Å². The molecule has 0 bridgehead atoms. The highest BCUT2D eigenvalue weighted by Crippen LogP contribution is 2.20. The largest absolute Gasteiger partial charge is 0.468 e. The fourth-order valence-electron chi connectivity index (χ4n) is 1.71. The highest BCUT2D eigenvalue weighted by Gasteiger charge is 2.34. The van der Waals surface area contributed by atoms with Crippen LogP contribution in [0.3, 0.4) is 0 Å². The minimum Gasteiger partial charge on any atom is -0.468 e. The molecule has 0 aromatic heterocycles. The minimum atomic E-state index is -0.685. The van der Waals surface area contributed by atoms with Gasteiger partial charge in [0.15, 0.2) is 0 Å². The predicted octanol–water partition coefficient (Wildman–Crippen LogP) is 2.37. The molecule has 0 aromatic carbocycles. The normalized spacial score (nSPS) is 17.1. The van der Waals surface area contributed by atoms with Crippen LogP contribution in [0.5, 0.6) is 0 Å². The molecule has 18 heavy (non-hydrogen) atoms. The Morgan fingerprint density at radius 3 is 2.22 bits per heavy atom. The average molecular weight is 259 g/mol. The van der Waals surface area contributed by atoms with Gasteiger partial charge in [-0.15, -0.1) is 0 Å². The summed E-state index contributed by atoms with van der Waals surface area (Å²) >= 11 is 0.